The number of imidazole rings is 1. The molecule has 0 aliphatic carbocycles. The van der Waals surface area contributed by atoms with Gasteiger partial charge < -0.3 is 9.88 Å². The molecule has 3 heterocycles. The highest BCUT2D eigenvalue weighted by Crippen LogP contribution is 2.22. The fraction of sp³-hybridized carbons (Fsp3) is 0.333. The summed E-state index contributed by atoms with van der Waals surface area (Å²) in [6.07, 6.45) is 2.40. The summed E-state index contributed by atoms with van der Waals surface area (Å²) < 4.78 is 17.2. The Morgan fingerprint density at radius 1 is 1.21 bits per heavy atom. The van der Waals surface area contributed by atoms with Gasteiger partial charge >= 0.3 is 0 Å². The van der Waals surface area contributed by atoms with Crippen LogP contribution in [0, 0.1) is 5.82 Å². The van der Waals surface area contributed by atoms with E-state index < -0.39 is 0 Å². The number of pyridine rings is 1. The van der Waals surface area contributed by atoms with Crippen LogP contribution in [-0.4, -0.2) is 36.6 Å². The van der Waals surface area contributed by atoms with Gasteiger partial charge in [0.25, 0.3) is 5.91 Å². The van der Waals surface area contributed by atoms with Crippen molar-refractivity contribution in [2.24, 2.45) is 7.05 Å². The minimum atomic E-state index is -0.295. The quantitative estimate of drug-likeness (QED) is 0.577. The Morgan fingerprint density at radius 3 is 2.76 bits per heavy atom. The van der Waals surface area contributed by atoms with Crippen molar-refractivity contribution in [1.82, 2.24) is 29.5 Å². The predicted octanol–water partition coefficient (Wildman–Crippen LogP) is 3.03. The lowest BCUT2D eigenvalue weighted by molar-refractivity contribution is 0.0955. The van der Waals surface area contributed by atoms with E-state index in [2.05, 4.69) is 41.3 Å². The van der Waals surface area contributed by atoms with Crippen molar-refractivity contribution in [2.75, 3.05) is 6.54 Å². The van der Waals surface area contributed by atoms with E-state index in [1.807, 2.05) is 28.3 Å². The number of aromatic nitrogens is 5. The summed E-state index contributed by atoms with van der Waals surface area (Å²) in [4.78, 5) is 17.3. The van der Waals surface area contributed by atoms with Crippen molar-refractivity contribution in [3.8, 4) is 0 Å². The summed E-state index contributed by atoms with van der Waals surface area (Å²) in [7, 11) is 1.84. The first kappa shape index (κ1) is 19.0. The first-order valence-corrected chi connectivity index (χ1v) is 9.49. The Morgan fingerprint density at radius 2 is 2.00 bits per heavy atom. The van der Waals surface area contributed by atoms with E-state index in [9.17, 15) is 9.18 Å². The molecule has 150 valence electrons. The van der Waals surface area contributed by atoms with E-state index in [0.29, 0.717) is 24.2 Å². The molecule has 7 nitrogen and oxygen atoms in total. The average molecular weight is 394 g/mol. The Bertz CT molecular complexity index is 1220. The van der Waals surface area contributed by atoms with Crippen LogP contribution < -0.4 is 5.32 Å². The number of rotatable bonds is 4. The number of fused-ring (bicyclic) bond motifs is 2. The molecule has 0 unspecified atom stereocenters. The minimum absolute atomic E-state index is 0.186. The zero-order valence-electron chi connectivity index (χ0n) is 16.9. The molecule has 0 fully saturated rings. The fourth-order valence-corrected chi connectivity index (χ4v) is 3.42. The second-order valence-electron chi connectivity index (χ2n) is 8.12. The van der Waals surface area contributed by atoms with E-state index in [0.717, 1.165) is 22.7 Å². The highest BCUT2D eigenvalue weighted by Gasteiger charge is 2.23. The topological polar surface area (TPSA) is 77.1 Å². The normalized spacial score (nSPS) is 12.0. The van der Waals surface area contributed by atoms with Crippen LogP contribution in [0.15, 0.2) is 36.5 Å². The fourth-order valence-electron chi connectivity index (χ4n) is 3.42. The Balaban J connectivity index is 1.51. The zero-order valence-corrected chi connectivity index (χ0v) is 16.9. The Labute approximate surface area is 167 Å². The summed E-state index contributed by atoms with van der Waals surface area (Å²) in [5, 5.41) is 11.4. The molecular formula is C21H23FN6O. The number of amides is 1. The molecule has 0 spiro atoms. The van der Waals surface area contributed by atoms with E-state index in [-0.39, 0.29) is 17.1 Å². The summed E-state index contributed by atoms with van der Waals surface area (Å²) in [5.74, 6) is 1.07. The van der Waals surface area contributed by atoms with Crippen LogP contribution in [0.3, 0.4) is 0 Å². The highest BCUT2D eigenvalue weighted by atomic mass is 19.1. The third-order valence-electron chi connectivity index (χ3n) is 4.92. The molecule has 0 bridgehead atoms. The van der Waals surface area contributed by atoms with Gasteiger partial charge in [0, 0.05) is 31.6 Å². The molecule has 4 rings (SSSR count). The number of nitrogens with zero attached hydrogens (tertiary/aromatic N) is 5. The zero-order chi connectivity index (χ0) is 20.8. The Hall–Kier alpha value is -3.29. The van der Waals surface area contributed by atoms with Crippen molar-refractivity contribution in [2.45, 2.75) is 32.6 Å². The maximum Gasteiger partial charge on any atom is 0.255 e. The first-order chi connectivity index (χ1) is 13.8. The summed E-state index contributed by atoms with van der Waals surface area (Å²) >= 11 is 0. The lowest BCUT2D eigenvalue weighted by Gasteiger charge is -2.15. The number of hydrogen-bond donors (Lipinski definition) is 1. The molecule has 0 radical (unpaired) electrons. The van der Waals surface area contributed by atoms with Crippen LogP contribution in [0.1, 0.15) is 42.8 Å². The molecule has 29 heavy (non-hydrogen) atoms. The van der Waals surface area contributed by atoms with Crippen LogP contribution in [0.4, 0.5) is 4.39 Å². The predicted molar refractivity (Wildman–Crippen MR) is 108 cm³/mol. The van der Waals surface area contributed by atoms with E-state index in [1.165, 1.54) is 12.1 Å². The van der Waals surface area contributed by atoms with Crippen molar-refractivity contribution in [3.63, 3.8) is 0 Å². The first-order valence-electron chi connectivity index (χ1n) is 9.49. The van der Waals surface area contributed by atoms with Gasteiger partial charge in [-0.05, 0) is 30.3 Å². The second-order valence-corrected chi connectivity index (χ2v) is 8.12. The second kappa shape index (κ2) is 6.95. The van der Waals surface area contributed by atoms with Crippen LogP contribution in [-0.2, 0) is 18.9 Å². The van der Waals surface area contributed by atoms with Gasteiger partial charge in [-0.1, -0.05) is 20.8 Å². The van der Waals surface area contributed by atoms with Crippen LogP contribution >= 0.6 is 0 Å². The molecule has 0 atom stereocenters. The number of carbonyl (C=O) groups is 1. The number of hydrogen-bond acceptors (Lipinski definition) is 4. The van der Waals surface area contributed by atoms with Crippen LogP contribution in [0.25, 0.3) is 16.7 Å². The molecule has 1 amide bonds. The average Bonchev–Trinajstić information content (AvgIpc) is 3.23. The van der Waals surface area contributed by atoms with Gasteiger partial charge in [-0.25, -0.2) is 9.37 Å². The maximum absolute atomic E-state index is 13.5. The number of carbonyl (C=O) groups excluding carboxylic acids is 1. The largest absolute Gasteiger partial charge is 0.351 e. The van der Waals surface area contributed by atoms with Crippen LogP contribution in [0.5, 0.6) is 0 Å². The van der Waals surface area contributed by atoms with Gasteiger partial charge in [0.05, 0.1) is 16.6 Å². The maximum atomic E-state index is 13.5. The smallest absolute Gasteiger partial charge is 0.255 e. The van der Waals surface area contributed by atoms with Crippen molar-refractivity contribution in [3.05, 3.63) is 59.6 Å². The molecule has 0 saturated heterocycles. The summed E-state index contributed by atoms with van der Waals surface area (Å²) in [6, 6.07) is 8.07. The number of aryl methyl sites for hydroxylation is 1. The standard InChI is InChI=1S/C21H23FN6O/c1-21(2,3)20-26-25-18-14(6-5-11-28(18)20)19(29)23-10-9-17-24-15-8-7-13(22)12-16(15)27(17)4/h5-8,11-12H,9-10H2,1-4H3,(H,23,29). The van der Waals surface area contributed by atoms with E-state index in [4.69, 9.17) is 0 Å². The molecule has 0 aliphatic rings. The van der Waals surface area contributed by atoms with E-state index >= 15 is 0 Å². The lowest BCUT2D eigenvalue weighted by atomic mass is 9.96. The minimum Gasteiger partial charge on any atom is -0.351 e. The molecule has 0 aliphatic heterocycles. The molecule has 1 N–H and O–H groups in total. The molecular weight excluding hydrogens is 371 g/mol. The SMILES string of the molecule is Cn1c(CCNC(=O)c2cccn3c(C(C)(C)C)nnc23)nc2ccc(F)cc21. The molecule has 8 heteroatoms. The summed E-state index contributed by atoms with van der Waals surface area (Å²) in [6.45, 7) is 6.57. The van der Waals surface area contributed by atoms with Crippen molar-refractivity contribution < 1.29 is 9.18 Å². The van der Waals surface area contributed by atoms with Gasteiger partial charge in [0.1, 0.15) is 17.5 Å². The highest BCUT2D eigenvalue weighted by molar-refractivity contribution is 5.99. The molecule has 0 saturated carbocycles. The third kappa shape index (κ3) is 3.46. The number of nitrogens with one attached hydrogen (secondary N) is 1. The van der Waals surface area contributed by atoms with Crippen molar-refractivity contribution >= 4 is 22.6 Å². The van der Waals surface area contributed by atoms with Gasteiger partial charge in [0.2, 0.25) is 0 Å². The summed E-state index contributed by atoms with van der Waals surface area (Å²) in [5.41, 5.74) is 2.29. The molecule has 1 aromatic carbocycles. The monoisotopic (exact) mass is 394 g/mol. The van der Waals surface area contributed by atoms with E-state index in [1.54, 1.807) is 12.1 Å². The van der Waals surface area contributed by atoms with Gasteiger partial charge in [-0.2, -0.15) is 0 Å². The number of benzene rings is 1. The lowest BCUT2D eigenvalue weighted by Crippen LogP contribution is -2.27. The number of halogens is 1. The van der Waals surface area contributed by atoms with Crippen LogP contribution in [0.2, 0.25) is 0 Å². The van der Waals surface area contributed by atoms with Gasteiger partial charge in [-0.15, -0.1) is 10.2 Å². The molecule has 4 aromatic rings. The molecule has 3 aromatic heterocycles. The third-order valence-corrected chi connectivity index (χ3v) is 4.92. The van der Waals surface area contributed by atoms with Gasteiger partial charge in [0.15, 0.2) is 5.65 Å². The van der Waals surface area contributed by atoms with Gasteiger partial charge in [-0.3, -0.25) is 9.20 Å². The van der Waals surface area contributed by atoms with Crippen molar-refractivity contribution in [1.29, 1.82) is 0 Å². The Kier molecular flexibility index (Phi) is 4.56.